The van der Waals surface area contributed by atoms with Crippen molar-refractivity contribution in [3.8, 4) is 0 Å². The molecule has 0 atom stereocenters. The van der Waals surface area contributed by atoms with Crippen LogP contribution in [0.4, 0.5) is 0 Å². The molecule has 0 aliphatic carbocycles. The largest absolute Gasteiger partial charge is 0.480 e. The lowest BCUT2D eigenvalue weighted by atomic mass is 9.96. The highest BCUT2D eigenvalue weighted by molar-refractivity contribution is 8.01. The Morgan fingerprint density at radius 2 is 2.00 bits per heavy atom. The van der Waals surface area contributed by atoms with E-state index >= 15 is 0 Å². The third-order valence-corrected chi connectivity index (χ3v) is 4.87. The smallest absolute Gasteiger partial charge is 0.319 e. The Morgan fingerprint density at radius 3 is 2.62 bits per heavy atom. The number of thioether (sulfide) groups is 1. The van der Waals surface area contributed by atoms with Crippen molar-refractivity contribution in [2.45, 2.75) is 30.4 Å². The van der Waals surface area contributed by atoms with Gasteiger partial charge in [0.1, 0.15) is 4.75 Å². The average Bonchev–Trinajstić information content (AvgIpc) is 2.54. The van der Waals surface area contributed by atoms with E-state index < -0.39 is 10.7 Å². The Morgan fingerprint density at radius 1 is 1.29 bits per heavy atom. The lowest BCUT2D eigenvalue weighted by molar-refractivity contribution is -0.138. The number of aliphatic imine (C=N–C) groups is 1. The quantitative estimate of drug-likeness (QED) is 0.624. The molecule has 2 aromatic rings. The van der Waals surface area contributed by atoms with Gasteiger partial charge in [-0.1, -0.05) is 24.3 Å². The van der Waals surface area contributed by atoms with E-state index in [4.69, 9.17) is 0 Å². The molecule has 0 fully saturated rings. The lowest BCUT2D eigenvalue weighted by Crippen LogP contribution is -2.27. The minimum atomic E-state index is -0.950. The predicted octanol–water partition coefficient (Wildman–Crippen LogP) is 4.44. The first kappa shape index (κ1) is 17.9. The van der Waals surface area contributed by atoms with Gasteiger partial charge in [-0.2, -0.15) is 0 Å². The summed E-state index contributed by atoms with van der Waals surface area (Å²) in [6.07, 6.45) is 5.10. The van der Waals surface area contributed by atoms with Crippen molar-refractivity contribution >= 4 is 30.0 Å². The second-order valence-electron chi connectivity index (χ2n) is 5.83. The van der Waals surface area contributed by atoms with Gasteiger partial charge in [0.15, 0.2) is 0 Å². The second-order valence-corrected chi connectivity index (χ2v) is 7.49. The van der Waals surface area contributed by atoms with E-state index in [1.165, 1.54) is 11.8 Å². The molecule has 1 heterocycles. The van der Waals surface area contributed by atoms with Crippen molar-refractivity contribution in [3.05, 3.63) is 65.6 Å². The zero-order valence-electron chi connectivity index (χ0n) is 14.0. The molecule has 1 N–H and O–H groups in total. The molecule has 4 nitrogen and oxygen atoms in total. The summed E-state index contributed by atoms with van der Waals surface area (Å²) >= 11 is 1.29. The van der Waals surface area contributed by atoms with Crippen LogP contribution >= 0.6 is 11.8 Å². The Labute approximate surface area is 146 Å². The number of nitrogens with zero attached hydrogens (tertiary/aromatic N) is 2. The molecule has 0 spiro atoms. The van der Waals surface area contributed by atoms with Crippen LogP contribution in [-0.4, -0.2) is 27.5 Å². The molecular formula is C19H20N2O2S. The SMILES string of the molecule is C=N/C=C(\c1ccccc1C)c1cnccc1SC(C)(C)C(=O)O. The van der Waals surface area contributed by atoms with Crippen LogP contribution < -0.4 is 0 Å². The summed E-state index contributed by atoms with van der Waals surface area (Å²) in [5.74, 6) is -0.862. The van der Waals surface area contributed by atoms with Crippen molar-refractivity contribution in [2.24, 2.45) is 4.99 Å². The highest BCUT2D eigenvalue weighted by Crippen LogP contribution is 2.39. The van der Waals surface area contributed by atoms with E-state index in [1.54, 1.807) is 32.4 Å². The fourth-order valence-corrected chi connectivity index (χ4v) is 3.28. The van der Waals surface area contributed by atoms with Crippen molar-refractivity contribution in [2.75, 3.05) is 0 Å². The zero-order valence-corrected chi connectivity index (χ0v) is 14.8. The van der Waals surface area contributed by atoms with Crippen LogP contribution in [0.1, 0.15) is 30.5 Å². The van der Waals surface area contributed by atoms with Crippen LogP contribution in [0.2, 0.25) is 0 Å². The minimum Gasteiger partial charge on any atom is -0.480 e. The number of carboxylic acid groups (broad SMARTS) is 1. The molecule has 124 valence electrons. The predicted molar refractivity (Wildman–Crippen MR) is 99.6 cm³/mol. The lowest BCUT2D eigenvalue weighted by Gasteiger charge is -2.21. The summed E-state index contributed by atoms with van der Waals surface area (Å²) in [5.41, 5.74) is 3.84. The minimum absolute atomic E-state index is 0.843. The molecule has 0 saturated carbocycles. The van der Waals surface area contributed by atoms with Crippen molar-refractivity contribution < 1.29 is 9.90 Å². The van der Waals surface area contributed by atoms with Gasteiger partial charge < -0.3 is 5.11 Å². The van der Waals surface area contributed by atoms with Gasteiger partial charge in [-0.3, -0.25) is 14.8 Å². The highest BCUT2D eigenvalue weighted by atomic mass is 32.2. The van der Waals surface area contributed by atoms with Gasteiger partial charge in [-0.15, -0.1) is 11.8 Å². The normalized spacial score (nSPS) is 12.0. The van der Waals surface area contributed by atoms with Crippen molar-refractivity contribution in [3.63, 3.8) is 0 Å². The summed E-state index contributed by atoms with van der Waals surface area (Å²) in [7, 11) is 0. The summed E-state index contributed by atoms with van der Waals surface area (Å²) in [6, 6.07) is 9.81. The third-order valence-electron chi connectivity index (χ3n) is 3.61. The molecule has 0 amide bonds. The van der Waals surface area contributed by atoms with Gasteiger partial charge in [0, 0.05) is 34.6 Å². The Balaban J connectivity index is 2.58. The number of carbonyl (C=O) groups is 1. The van der Waals surface area contributed by atoms with Gasteiger partial charge in [0.2, 0.25) is 0 Å². The van der Waals surface area contributed by atoms with Crippen LogP contribution in [0.3, 0.4) is 0 Å². The van der Waals surface area contributed by atoms with E-state index in [1.807, 2.05) is 37.3 Å². The molecule has 0 unspecified atom stereocenters. The molecule has 0 aliphatic heterocycles. The van der Waals surface area contributed by atoms with Crippen LogP contribution in [0.15, 0.2) is 58.8 Å². The first-order valence-corrected chi connectivity index (χ1v) is 8.27. The van der Waals surface area contributed by atoms with Gasteiger partial charge in [-0.25, -0.2) is 0 Å². The Bertz CT molecular complexity index is 797. The molecule has 0 radical (unpaired) electrons. The fourth-order valence-electron chi connectivity index (χ4n) is 2.24. The number of carboxylic acids is 1. The standard InChI is InChI=1S/C19H20N2O2S/c1-13-7-5-6-8-14(13)15(11-20-4)16-12-21-10-9-17(16)24-19(2,3)18(22)23/h5-12H,4H2,1-3H3,(H,22,23)/b15-11+. The third kappa shape index (κ3) is 3.92. The molecule has 1 aromatic carbocycles. The van der Waals surface area contributed by atoms with E-state index in [-0.39, 0.29) is 0 Å². The topological polar surface area (TPSA) is 62.5 Å². The monoisotopic (exact) mass is 340 g/mol. The van der Waals surface area contributed by atoms with Crippen molar-refractivity contribution in [1.29, 1.82) is 0 Å². The van der Waals surface area contributed by atoms with Crippen LogP contribution in [0.5, 0.6) is 0 Å². The van der Waals surface area contributed by atoms with Crippen LogP contribution in [0.25, 0.3) is 5.57 Å². The summed E-state index contributed by atoms with van der Waals surface area (Å²) in [4.78, 5) is 20.5. The molecule has 5 heteroatoms. The van der Waals surface area contributed by atoms with E-state index in [9.17, 15) is 9.90 Å². The molecule has 2 rings (SSSR count). The van der Waals surface area contributed by atoms with Crippen molar-refractivity contribution in [1.82, 2.24) is 4.98 Å². The molecule has 0 aliphatic rings. The molecule has 0 saturated heterocycles. The first-order chi connectivity index (χ1) is 11.4. The van der Waals surface area contributed by atoms with Gasteiger partial charge in [0.05, 0.1) is 0 Å². The van der Waals surface area contributed by atoms with E-state index in [0.29, 0.717) is 0 Å². The number of benzene rings is 1. The Kier molecular flexibility index (Phi) is 5.57. The highest BCUT2D eigenvalue weighted by Gasteiger charge is 2.30. The number of rotatable bonds is 6. The van der Waals surface area contributed by atoms with E-state index in [0.717, 1.165) is 27.2 Å². The maximum Gasteiger partial charge on any atom is 0.319 e. The molecular weight excluding hydrogens is 320 g/mol. The molecule has 0 bridgehead atoms. The van der Waals surface area contributed by atoms with Crippen LogP contribution in [-0.2, 0) is 4.79 Å². The van der Waals surface area contributed by atoms with E-state index in [2.05, 4.69) is 16.7 Å². The van der Waals surface area contributed by atoms with Gasteiger partial charge >= 0.3 is 5.97 Å². The van der Waals surface area contributed by atoms with Gasteiger partial charge in [-0.05, 0) is 44.7 Å². The maximum atomic E-state index is 11.5. The number of pyridine rings is 1. The average molecular weight is 340 g/mol. The summed E-state index contributed by atoms with van der Waals surface area (Å²) in [6.45, 7) is 8.97. The number of aryl methyl sites for hydroxylation is 1. The number of aliphatic carboxylic acids is 1. The zero-order chi connectivity index (χ0) is 17.7. The number of aromatic nitrogens is 1. The van der Waals surface area contributed by atoms with Crippen LogP contribution in [0, 0.1) is 6.92 Å². The fraction of sp³-hybridized carbons (Fsp3) is 0.211. The second kappa shape index (κ2) is 7.45. The first-order valence-electron chi connectivity index (χ1n) is 7.45. The molecule has 24 heavy (non-hydrogen) atoms. The number of hydrogen-bond donors (Lipinski definition) is 1. The summed E-state index contributed by atoms with van der Waals surface area (Å²) in [5, 5.41) is 9.42. The summed E-state index contributed by atoms with van der Waals surface area (Å²) < 4.78 is -0.950. The maximum absolute atomic E-state index is 11.5. The van der Waals surface area contributed by atoms with Gasteiger partial charge in [0.25, 0.3) is 0 Å². The Hall–Kier alpha value is -2.40. The number of hydrogen-bond acceptors (Lipinski definition) is 4. The molecule has 1 aromatic heterocycles.